The fourth-order valence-electron chi connectivity index (χ4n) is 3.36. The van der Waals surface area contributed by atoms with Crippen molar-refractivity contribution in [2.24, 2.45) is 5.92 Å². The number of amides is 1. The van der Waals surface area contributed by atoms with Crippen molar-refractivity contribution in [3.63, 3.8) is 0 Å². The molecule has 2 aromatic heterocycles. The van der Waals surface area contributed by atoms with Gasteiger partial charge in [-0.15, -0.1) is 12.4 Å². The second kappa shape index (κ2) is 8.34. The first-order chi connectivity index (χ1) is 12.3. The molecule has 4 rings (SSSR count). The highest BCUT2D eigenvalue weighted by molar-refractivity contribution is 5.96. The van der Waals surface area contributed by atoms with Gasteiger partial charge in [-0.05, 0) is 49.2 Å². The van der Waals surface area contributed by atoms with E-state index in [0.29, 0.717) is 18.2 Å². The maximum Gasteiger partial charge on any atom is 0.289 e. The van der Waals surface area contributed by atoms with Crippen LogP contribution in [0.1, 0.15) is 22.5 Å². The van der Waals surface area contributed by atoms with Crippen LogP contribution in [-0.2, 0) is 6.54 Å². The number of fused-ring (bicyclic) bond motifs is 1. The maximum absolute atomic E-state index is 13.1. The molecule has 1 atom stereocenters. The van der Waals surface area contributed by atoms with Crippen molar-refractivity contribution in [2.75, 3.05) is 19.6 Å². The standard InChI is InChI=1S/C20H21N3O2.ClH/c24-20(19-10-17-5-1-2-6-18(17)25-19)23(14-16-7-9-22-12-16)13-15-4-3-8-21-11-15;/h1-6,8,10-11,16,22H,7,9,12-14H2;1H. The highest BCUT2D eigenvalue weighted by Crippen LogP contribution is 2.22. The Labute approximate surface area is 158 Å². The third-order valence-corrected chi connectivity index (χ3v) is 4.66. The Bertz CT molecular complexity index is 827. The van der Waals surface area contributed by atoms with E-state index in [4.69, 9.17) is 4.42 Å². The lowest BCUT2D eigenvalue weighted by Crippen LogP contribution is -2.35. The predicted octanol–water partition coefficient (Wildman–Crippen LogP) is 3.50. The number of rotatable bonds is 5. The van der Waals surface area contributed by atoms with Crippen molar-refractivity contribution in [3.05, 3.63) is 66.2 Å². The molecular weight excluding hydrogens is 350 g/mol. The van der Waals surface area contributed by atoms with Crippen molar-refractivity contribution in [3.8, 4) is 0 Å². The Balaban J connectivity index is 0.00000196. The van der Waals surface area contributed by atoms with E-state index in [9.17, 15) is 4.79 Å². The zero-order chi connectivity index (χ0) is 17.1. The molecule has 0 spiro atoms. The first-order valence-corrected chi connectivity index (χ1v) is 8.67. The number of aromatic nitrogens is 1. The molecule has 1 aliphatic rings. The van der Waals surface area contributed by atoms with Crippen molar-refractivity contribution >= 4 is 29.3 Å². The van der Waals surface area contributed by atoms with Gasteiger partial charge in [0.25, 0.3) is 5.91 Å². The first-order valence-electron chi connectivity index (χ1n) is 8.67. The molecule has 0 bridgehead atoms. The van der Waals surface area contributed by atoms with E-state index >= 15 is 0 Å². The van der Waals surface area contributed by atoms with Gasteiger partial charge >= 0.3 is 0 Å². The number of nitrogens with zero attached hydrogens (tertiary/aromatic N) is 2. The normalized spacial score (nSPS) is 16.4. The third kappa shape index (κ3) is 4.06. The molecule has 1 N–H and O–H groups in total. The summed E-state index contributed by atoms with van der Waals surface area (Å²) in [5.74, 6) is 0.813. The van der Waals surface area contributed by atoms with Gasteiger partial charge in [0.1, 0.15) is 5.58 Å². The highest BCUT2D eigenvalue weighted by Gasteiger charge is 2.25. The quantitative estimate of drug-likeness (QED) is 0.745. The molecule has 5 nitrogen and oxygen atoms in total. The second-order valence-corrected chi connectivity index (χ2v) is 6.55. The van der Waals surface area contributed by atoms with Crippen molar-refractivity contribution < 1.29 is 9.21 Å². The molecule has 1 aliphatic heterocycles. The topological polar surface area (TPSA) is 58.4 Å². The zero-order valence-electron chi connectivity index (χ0n) is 14.4. The van der Waals surface area contributed by atoms with E-state index < -0.39 is 0 Å². The number of pyridine rings is 1. The molecule has 1 saturated heterocycles. The Morgan fingerprint density at radius 2 is 2.15 bits per heavy atom. The molecule has 1 aromatic carbocycles. The van der Waals surface area contributed by atoms with Crippen LogP contribution in [0.15, 0.2) is 59.3 Å². The molecule has 1 fully saturated rings. The van der Waals surface area contributed by atoms with Gasteiger partial charge in [-0.3, -0.25) is 9.78 Å². The summed E-state index contributed by atoms with van der Waals surface area (Å²) in [5.41, 5.74) is 1.77. The zero-order valence-corrected chi connectivity index (χ0v) is 15.2. The molecule has 3 aromatic rings. The summed E-state index contributed by atoms with van der Waals surface area (Å²) < 4.78 is 5.79. The summed E-state index contributed by atoms with van der Waals surface area (Å²) in [6.45, 7) is 3.24. The Hall–Kier alpha value is -2.37. The van der Waals surface area contributed by atoms with Crippen LogP contribution in [0.25, 0.3) is 11.0 Å². The van der Waals surface area contributed by atoms with Gasteiger partial charge < -0.3 is 14.6 Å². The van der Waals surface area contributed by atoms with Gasteiger partial charge in [-0.2, -0.15) is 0 Å². The van der Waals surface area contributed by atoms with Crippen LogP contribution in [0.4, 0.5) is 0 Å². The fourth-order valence-corrected chi connectivity index (χ4v) is 3.36. The smallest absolute Gasteiger partial charge is 0.289 e. The maximum atomic E-state index is 13.1. The summed E-state index contributed by atoms with van der Waals surface area (Å²) in [6, 6.07) is 13.4. The average Bonchev–Trinajstić information content (AvgIpc) is 3.30. The van der Waals surface area contributed by atoms with Crippen LogP contribution in [0.2, 0.25) is 0 Å². The SMILES string of the molecule is Cl.O=C(c1cc2ccccc2o1)N(Cc1cccnc1)CC1CCNC1. The van der Waals surface area contributed by atoms with Gasteiger partial charge in [-0.1, -0.05) is 24.3 Å². The number of carbonyl (C=O) groups is 1. The number of hydrogen-bond acceptors (Lipinski definition) is 4. The van der Waals surface area contributed by atoms with Gasteiger partial charge in [0.2, 0.25) is 0 Å². The van der Waals surface area contributed by atoms with E-state index in [1.54, 1.807) is 6.20 Å². The number of nitrogens with one attached hydrogen (secondary N) is 1. The number of para-hydroxylation sites is 1. The van der Waals surface area contributed by atoms with Crippen LogP contribution >= 0.6 is 12.4 Å². The van der Waals surface area contributed by atoms with Crippen LogP contribution in [0.3, 0.4) is 0 Å². The first kappa shape index (κ1) is 18.4. The van der Waals surface area contributed by atoms with Gasteiger partial charge in [0.15, 0.2) is 5.76 Å². The molecule has 136 valence electrons. The van der Waals surface area contributed by atoms with E-state index in [2.05, 4.69) is 10.3 Å². The number of hydrogen-bond donors (Lipinski definition) is 1. The van der Waals surface area contributed by atoms with Gasteiger partial charge in [-0.25, -0.2) is 0 Å². The lowest BCUT2D eigenvalue weighted by Gasteiger charge is -2.24. The fraction of sp³-hybridized carbons (Fsp3) is 0.300. The van der Waals surface area contributed by atoms with Crippen molar-refractivity contribution in [1.82, 2.24) is 15.2 Å². The minimum Gasteiger partial charge on any atom is -0.451 e. The van der Waals surface area contributed by atoms with Crippen molar-refractivity contribution in [2.45, 2.75) is 13.0 Å². The number of benzene rings is 1. The number of furan rings is 1. The molecule has 6 heteroatoms. The predicted molar refractivity (Wildman–Crippen MR) is 103 cm³/mol. The van der Waals surface area contributed by atoms with Crippen molar-refractivity contribution in [1.29, 1.82) is 0 Å². The minimum absolute atomic E-state index is 0. The Morgan fingerprint density at radius 3 is 2.88 bits per heavy atom. The summed E-state index contributed by atoms with van der Waals surface area (Å²) >= 11 is 0. The molecule has 0 radical (unpaired) electrons. The molecule has 3 heterocycles. The Morgan fingerprint density at radius 1 is 1.27 bits per heavy atom. The monoisotopic (exact) mass is 371 g/mol. The summed E-state index contributed by atoms with van der Waals surface area (Å²) in [4.78, 5) is 19.1. The highest BCUT2D eigenvalue weighted by atomic mass is 35.5. The van der Waals surface area contributed by atoms with Crippen LogP contribution in [0.5, 0.6) is 0 Å². The number of carbonyl (C=O) groups excluding carboxylic acids is 1. The van der Waals surface area contributed by atoms with E-state index in [0.717, 1.165) is 42.6 Å². The van der Waals surface area contributed by atoms with E-state index in [1.807, 2.05) is 53.6 Å². The molecular formula is C20H22ClN3O2. The molecule has 1 amide bonds. The summed E-state index contributed by atoms with van der Waals surface area (Å²) in [7, 11) is 0. The largest absolute Gasteiger partial charge is 0.451 e. The minimum atomic E-state index is -0.0630. The van der Waals surface area contributed by atoms with E-state index in [-0.39, 0.29) is 18.3 Å². The second-order valence-electron chi connectivity index (χ2n) is 6.55. The summed E-state index contributed by atoms with van der Waals surface area (Å²) in [6.07, 6.45) is 4.65. The lowest BCUT2D eigenvalue weighted by atomic mass is 10.1. The van der Waals surface area contributed by atoms with Crippen LogP contribution in [-0.4, -0.2) is 35.4 Å². The van der Waals surface area contributed by atoms with Gasteiger partial charge in [0, 0.05) is 30.9 Å². The third-order valence-electron chi connectivity index (χ3n) is 4.66. The lowest BCUT2D eigenvalue weighted by molar-refractivity contribution is 0.0688. The van der Waals surface area contributed by atoms with Crippen LogP contribution < -0.4 is 5.32 Å². The Kier molecular flexibility index (Phi) is 5.91. The molecule has 1 unspecified atom stereocenters. The molecule has 26 heavy (non-hydrogen) atoms. The number of halogens is 1. The van der Waals surface area contributed by atoms with Gasteiger partial charge in [0.05, 0.1) is 0 Å². The molecule has 0 aliphatic carbocycles. The average molecular weight is 372 g/mol. The molecule has 0 saturated carbocycles. The summed E-state index contributed by atoms with van der Waals surface area (Å²) in [5, 5.41) is 4.32. The van der Waals surface area contributed by atoms with E-state index in [1.165, 1.54) is 0 Å². The van der Waals surface area contributed by atoms with Crippen LogP contribution in [0, 0.1) is 5.92 Å².